The van der Waals surface area contributed by atoms with Crippen LogP contribution in [0.25, 0.3) is 0 Å². The average molecular weight is 377 g/mol. The van der Waals surface area contributed by atoms with E-state index in [1.807, 2.05) is 0 Å². The standard InChI is InChI=1S/C16H13ClN4O3S/c17-11-4-6-12(7-5-11)24-9-14-19-20-16(25)21(14)18-8-10-2-1-3-13(22)15(10)23/h1-8,22-23H,9H2,(H,20,25)/b18-8+. The van der Waals surface area contributed by atoms with E-state index < -0.39 is 0 Å². The molecule has 3 rings (SSSR count). The van der Waals surface area contributed by atoms with E-state index in [0.717, 1.165) is 0 Å². The van der Waals surface area contributed by atoms with Crippen molar-refractivity contribution in [2.75, 3.05) is 0 Å². The lowest BCUT2D eigenvalue weighted by atomic mass is 10.2. The molecule has 0 aliphatic rings. The predicted molar refractivity (Wildman–Crippen MR) is 96.0 cm³/mol. The van der Waals surface area contributed by atoms with E-state index in [-0.39, 0.29) is 22.9 Å². The Balaban J connectivity index is 1.79. The largest absolute Gasteiger partial charge is 0.504 e. The van der Waals surface area contributed by atoms with Gasteiger partial charge < -0.3 is 14.9 Å². The molecule has 2 aromatic carbocycles. The molecule has 1 aromatic heterocycles. The van der Waals surface area contributed by atoms with Gasteiger partial charge in [-0.3, -0.25) is 0 Å². The Bertz CT molecular complexity index is 966. The summed E-state index contributed by atoms with van der Waals surface area (Å²) in [5.74, 6) is 0.571. The van der Waals surface area contributed by atoms with Gasteiger partial charge in [0.1, 0.15) is 12.4 Å². The SMILES string of the molecule is Oc1cccc(/C=N/n2c(COc3ccc(Cl)cc3)n[nH]c2=S)c1O. The molecule has 0 aliphatic carbocycles. The predicted octanol–water partition coefficient (Wildman–Crippen LogP) is 3.47. The third-order valence-electron chi connectivity index (χ3n) is 3.26. The number of hydrogen-bond donors (Lipinski definition) is 3. The van der Waals surface area contributed by atoms with Crippen LogP contribution in [0, 0.1) is 4.77 Å². The number of nitrogens with zero attached hydrogens (tertiary/aromatic N) is 3. The second-order valence-corrected chi connectivity index (χ2v) is 5.78. The summed E-state index contributed by atoms with van der Waals surface area (Å²) >= 11 is 11.0. The van der Waals surface area contributed by atoms with Gasteiger partial charge in [-0.2, -0.15) is 14.9 Å². The van der Waals surface area contributed by atoms with E-state index >= 15 is 0 Å². The monoisotopic (exact) mass is 376 g/mol. The zero-order valence-corrected chi connectivity index (χ0v) is 14.3. The molecule has 0 unspecified atom stereocenters. The summed E-state index contributed by atoms with van der Waals surface area (Å²) in [7, 11) is 0. The Kier molecular flexibility index (Phi) is 5.01. The van der Waals surface area contributed by atoms with Crippen LogP contribution < -0.4 is 4.74 Å². The van der Waals surface area contributed by atoms with Crippen LogP contribution in [0.15, 0.2) is 47.6 Å². The van der Waals surface area contributed by atoms with Crippen LogP contribution in [0.1, 0.15) is 11.4 Å². The summed E-state index contributed by atoms with van der Waals surface area (Å²) in [4.78, 5) is 0. The Hall–Kier alpha value is -2.84. The molecule has 0 amide bonds. The zero-order valence-electron chi connectivity index (χ0n) is 12.8. The Morgan fingerprint density at radius 2 is 2.00 bits per heavy atom. The van der Waals surface area contributed by atoms with Crippen LogP contribution in [0.5, 0.6) is 17.2 Å². The number of phenolic OH excluding ortho intramolecular Hbond substituents is 2. The minimum Gasteiger partial charge on any atom is -0.504 e. The smallest absolute Gasteiger partial charge is 0.216 e. The van der Waals surface area contributed by atoms with Crippen molar-refractivity contribution in [3.8, 4) is 17.2 Å². The highest BCUT2D eigenvalue weighted by atomic mass is 35.5. The van der Waals surface area contributed by atoms with Gasteiger partial charge in [0.25, 0.3) is 0 Å². The fourth-order valence-electron chi connectivity index (χ4n) is 1.99. The first-order chi connectivity index (χ1) is 12.0. The van der Waals surface area contributed by atoms with Crippen LogP contribution in [-0.4, -0.2) is 31.3 Å². The van der Waals surface area contributed by atoms with Gasteiger partial charge in [0, 0.05) is 10.6 Å². The molecule has 0 radical (unpaired) electrons. The minimum atomic E-state index is -0.264. The molecule has 1 heterocycles. The second kappa shape index (κ2) is 7.37. The number of aromatic nitrogens is 3. The number of ether oxygens (including phenoxy) is 1. The van der Waals surface area contributed by atoms with Crippen LogP contribution >= 0.6 is 23.8 Å². The van der Waals surface area contributed by atoms with Crippen molar-refractivity contribution in [3.63, 3.8) is 0 Å². The van der Waals surface area contributed by atoms with Gasteiger partial charge in [-0.25, -0.2) is 5.10 Å². The summed E-state index contributed by atoms with van der Waals surface area (Å²) < 4.78 is 7.26. The number of benzene rings is 2. The maximum Gasteiger partial charge on any atom is 0.216 e. The van der Waals surface area contributed by atoms with Crippen molar-refractivity contribution in [2.24, 2.45) is 5.10 Å². The fourth-order valence-corrected chi connectivity index (χ4v) is 2.31. The normalized spacial score (nSPS) is 11.1. The lowest BCUT2D eigenvalue weighted by Crippen LogP contribution is -2.04. The zero-order chi connectivity index (χ0) is 17.8. The number of aromatic amines is 1. The van der Waals surface area contributed by atoms with Gasteiger partial charge in [0.05, 0.1) is 6.21 Å². The molecule has 128 valence electrons. The van der Waals surface area contributed by atoms with Crippen LogP contribution in [0.2, 0.25) is 5.02 Å². The molecule has 0 fully saturated rings. The highest BCUT2D eigenvalue weighted by Crippen LogP contribution is 2.26. The van der Waals surface area contributed by atoms with Crippen molar-refractivity contribution in [1.82, 2.24) is 14.9 Å². The number of aromatic hydroxyl groups is 2. The van der Waals surface area contributed by atoms with Gasteiger partial charge in [-0.15, -0.1) is 0 Å². The molecule has 0 saturated heterocycles. The van der Waals surface area contributed by atoms with Gasteiger partial charge in [-0.05, 0) is 48.6 Å². The first-order valence-corrected chi connectivity index (χ1v) is 7.93. The number of hydrogen-bond acceptors (Lipinski definition) is 6. The number of phenols is 2. The molecule has 0 saturated carbocycles. The second-order valence-electron chi connectivity index (χ2n) is 4.96. The average Bonchev–Trinajstić information content (AvgIpc) is 2.96. The van der Waals surface area contributed by atoms with Gasteiger partial charge in [0.15, 0.2) is 17.3 Å². The number of halogens is 1. The lowest BCUT2D eigenvalue weighted by Gasteiger charge is -2.05. The molecule has 7 nitrogen and oxygen atoms in total. The van der Waals surface area contributed by atoms with E-state index in [2.05, 4.69) is 15.3 Å². The molecule has 3 aromatic rings. The molecule has 25 heavy (non-hydrogen) atoms. The molecule has 3 N–H and O–H groups in total. The molecule has 0 bridgehead atoms. The number of rotatable bonds is 5. The Morgan fingerprint density at radius 3 is 2.76 bits per heavy atom. The van der Waals surface area contributed by atoms with Crippen molar-refractivity contribution in [2.45, 2.75) is 6.61 Å². The third-order valence-corrected chi connectivity index (χ3v) is 3.77. The van der Waals surface area contributed by atoms with Crippen molar-refractivity contribution in [1.29, 1.82) is 0 Å². The van der Waals surface area contributed by atoms with E-state index in [4.69, 9.17) is 28.6 Å². The van der Waals surface area contributed by atoms with Gasteiger partial charge in [0.2, 0.25) is 4.77 Å². The molecule has 9 heteroatoms. The number of nitrogens with one attached hydrogen (secondary N) is 1. The summed E-state index contributed by atoms with van der Waals surface area (Å²) in [5, 5.41) is 30.8. The van der Waals surface area contributed by atoms with Crippen molar-refractivity contribution < 1.29 is 14.9 Å². The quantitative estimate of drug-likeness (QED) is 0.360. The first-order valence-electron chi connectivity index (χ1n) is 7.14. The number of H-pyrrole nitrogens is 1. The molecule has 0 spiro atoms. The Morgan fingerprint density at radius 1 is 1.24 bits per heavy atom. The highest BCUT2D eigenvalue weighted by molar-refractivity contribution is 7.71. The topological polar surface area (TPSA) is 95.7 Å². The maximum absolute atomic E-state index is 9.80. The number of para-hydroxylation sites is 1. The summed E-state index contributed by atoms with van der Waals surface area (Å²) in [6.07, 6.45) is 1.37. The van der Waals surface area contributed by atoms with Crippen LogP contribution in [-0.2, 0) is 6.61 Å². The molecular formula is C16H13ClN4O3S. The van der Waals surface area contributed by atoms with Crippen LogP contribution in [0.4, 0.5) is 0 Å². The van der Waals surface area contributed by atoms with Crippen LogP contribution in [0.3, 0.4) is 0 Å². The van der Waals surface area contributed by atoms with Gasteiger partial charge in [-0.1, -0.05) is 17.7 Å². The maximum atomic E-state index is 9.80. The minimum absolute atomic E-state index is 0.123. The summed E-state index contributed by atoms with van der Waals surface area (Å²) in [6.45, 7) is 0.123. The summed E-state index contributed by atoms with van der Waals surface area (Å²) in [6, 6.07) is 11.5. The third kappa shape index (κ3) is 3.98. The van der Waals surface area contributed by atoms with E-state index in [9.17, 15) is 10.2 Å². The highest BCUT2D eigenvalue weighted by Gasteiger charge is 2.08. The van der Waals surface area contributed by atoms with Gasteiger partial charge >= 0.3 is 0 Å². The van der Waals surface area contributed by atoms with E-state index in [1.165, 1.54) is 17.0 Å². The molecular weight excluding hydrogens is 364 g/mol. The van der Waals surface area contributed by atoms with E-state index in [1.54, 1.807) is 36.4 Å². The summed E-state index contributed by atoms with van der Waals surface area (Å²) in [5.41, 5.74) is 0.340. The lowest BCUT2D eigenvalue weighted by molar-refractivity contribution is 0.290. The fraction of sp³-hybridized carbons (Fsp3) is 0.0625. The molecule has 0 aliphatic heterocycles. The molecule has 0 atom stereocenters. The van der Waals surface area contributed by atoms with Crippen molar-refractivity contribution >= 4 is 30.0 Å². The Labute approximate surface area is 152 Å². The van der Waals surface area contributed by atoms with Crippen molar-refractivity contribution in [3.05, 3.63) is 63.6 Å². The first kappa shape index (κ1) is 17.0. The van der Waals surface area contributed by atoms with E-state index in [0.29, 0.717) is 22.2 Å².